The van der Waals surface area contributed by atoms with Crippen LogP contribution in [0.15, 0.2) is 39.8 Å². The van der Waals surface area contributed by atoms with Crippen LogP contribution in [0.3, 0.4) is 0 Å². The molecule has 4 aliphatic carbocycles. The Morgan fingerprint density at radius 2 is 1.93 bits per heavy atom. The number of ketones is 1. The lowest BCUT2D eigenvalue weighted by molar-refractivity contribution is -0.125. The molecule has 4 heteroatoms. The van der Waals surface area contributed by atoms with Gasteiger partial charge in [-0.2, -0.15) is 0 Å². The summed E-state index contributed by atoms with van der Waals surface area (Å²) in [5.41, 5.74) is 1.06. The fraction of sp³-hybridized carbons (Fsp3) is 0.667. The first kappa shape index (κ1) is 17.2. The van der Waals surface area contributed by atoms with E-state index in [4.69, 9.17) is 9.15 Å². The van der Waals surface area contributed by atoms with Crippen molar-refractivity contribution in [1.29, 1.82) is 0 Å². The van der Waals surface area contributed by atoms with E-state index in [-0.39, 0.29) is 22.1 Å². The van der Waals surface area contributed by atoms with Gasteiger partial charge in [-0.25, -0.2) is 4.79 Å². The monoisotopic (exact) mass is 380 g/mol. The van der Waals surface area contributed by atoms with Crippen LogP contribution in [0.25, 0.3) is 0 Å². The Kier molecular flexibility index (Phi) is 3.24. The van der Waals surface area contributed by atoms with Crippen molar-refractivity contribution in [2.24, 2.45) is 28.6 Å². The van der Waals surface area contributed by atoms with E-state index in [2.05, 4.69) is 19.9 Å². The molecule has 1 aromatic rings. The number of allylic oxidation sites excluding steroid dienone is 2. The van der Waals surface area contributed by atoms with Gasteiger partial charge in [0.25, 0.3) is 0 Å². The molecule has 1 aromatic heterocycles. The molecule has 0 bridgehead atoms. The second-order valence-corrected chi connectivity index (χ2v) is 10.4. The Balaban J connectivity index is 1.39. The third-order valence-electron chi connectivity index (χ3n) is 9.59. The lowest BCUT2D eigenvalue weighted by atomic mass is 9.45. The van der Waals surface area contributed by atoms with Gasteiger partial charge in [-0.05, 0) is 78.9 Å². The number of carbonyl (C=O) groups excluding carboxylic acids is 1. The Labute approximate surface area is 165 Å². The summed E-state index contributed by atoms with van der Waals surface area (Å²) in [6.45, 7) is 4.81. The van der Waals surface area contributed by atoms with E-state index in [1.165, 1.54) is 12.8 Å². The highest BCUT2D eigenvalue weighted by Crippen LogP contribution is 2.77. The van der Waals surface area contributed by atoms with Crippen LogP contribution in [0.5, 0.6) is 0 Å². The van der Waals surface area contributed by atoms with E-state index in [0.29, 0.717) is 35.6 Å². The van der Waals surface area contributed by atoms with Gasteiger partial charge in [0.1, 0.15) is 5.60 Å². The smallest absolute Gasteiger partial charge is 0.335 e. The third-order valence-corrected chi connectivity index (χ3v) is 9.59. The summed E-state index contributed by atoms with van der Waals surface area (Å²) in [6.07, 6.45) is 12.5. The van der Waals surface area contributed by atoms with Gasteiger partial charge in [-0.3, -0.25) is 4.79 Å². The summed E-state index contributed by atoms with van der Waals surface area (Å²) >= 11 is 0. The van der Waals surface area contributed by atoms with Crippen molar-refractivity contribution >= 4 is 5.78 Å². The Hall–Kier alpha value is -1.68. The van der Waals surface area contributed by atoms with Crippen molar-refractivity contribution in [3.8, 4) is 0 Å². The molecule has 6 rings (SSSR count). The van der Waals surface area contributed by atoms with Gasteiger partial charge in [0.2, 0.25) is 0 Å². The van der Waals surface area contributed by atoms with Gasteiger partial charge in [-0.15, -0.1) is 0 Å². The quantitative estimate of drug-likeness (QED) is 0.684. The number of carbonyl (C=O) groups is 1. The minimum atomic E-state index is -0.281. The van der Waals surface area contributed by atoms with Gasteiger partial charge in [0.15, 0.2) is 5.78 Å². The standard InChI is InChI=1S/C24H28O4/c1-22-9-7-16(25)11-15(22)4-5-18-17(22)8-10-23(2)19(12-20-24(18,23)28-20)14-3-6-21(26)27-13-14/h3,6-7,9,13,15,17-20H,4-5,8,10-12H2,1-2H3/t15-,17+,18-,19-,20-,22+,23-,24-/m1/s1. The molecule has 0 N–H and O–H groups in total. The van der Waals surface area contributed by atoms with Crippen molar-refractivity contribution < 1.29 is 13.9 Å². The maximum Gasteiger partial charge on any atom is 0.335 e. The molecule has 1 spiro atoms. The lowest BCUT2D eigenvalue weighted by Gasteiger charge is -2.59. The van der Waals surface area contributed by atoms with Crippen LogP contribution in [0.4, 0.5) is 0 Å². The zero-order valence-electron chi connectivity index (χ0n) is 16.6. The molecule has 28 heavy (non-hydrogen) atoms. The van der Waals surface area contributed by atoms with Crippen molar-refractivity contribution in [3.05, 3.63) is 46.5 Å². The lowest BCUT2D eigenvalue weighted by Crippen LogP contribution is -2.57. The Morgan fingerprint density at radius 3 is 2.71 bits per heavy atom. The fourth-order valence-corrected chi connectivity index (χ4v) is 8.14. The number of hydrogen-bond donors (Lipinski definition) is 0. The molecule has 0 unspecified atom stereocenters. The molecule has 148 valence electrons. The number of hydrogen-bond acceptors (Lipinski definition) is 4. The molecule has 2 heterocycles. The summed E-state index contributed by atoms with van der Waals surface area (Å²) in [6, 6.07) is 3.51. The predicted octanol–water partition coefficient (Wildman–Crippen LogP) is 4.24. The molecule has 1 aliphatic heterocycles. The average Bonchev–Trinajstić information content (AvgIpc) is 3.33. The average molecular weight is 380 g/mol. The molecule has 0 radical (unpaired) electrons. The fourth-order valence-electron chi connectivity index (χ4n) is 8.14. The maximum atomic E-state index is 12.0. The van der Waals surface area contributed by atoms with Crippen LogP contribution in [-0.4, -0.2) is 17.5 Å². The molecule has 4 fully saturated rings. The molecule has 0 aromatic carbocycles. The minimum Gasteiger partial charge on any atom is -0.431 e. The highest BCUT2D eigenvalue weighted by atomic mass is 16.6. The molecule has 5 aliphatic rings. The number of fused-ring (bicyclic) bond motifs is 3. The second kappa shape index (κ2) is 5.27. The summed E-state index contributed by atoms with van der Waals surface area (Å²) in [5.74, 6) is 2.35. The summed E-state index contributed by atoms with van der Waals surface area (Å²) in [7, 11) is 0. The predicted molar refractivity (Wildman–Crippen MR) is 104 cm³/mol. The topological polar surface area (TPSA) is 59.8 Å². The van der Waals surface area contributed by atoms with Crippen LogP contribution < -0.4 is 5.63 Å². The first-order valence-electron chi connectivity index (χ1n) is 10.9. The summed E-state index contributed by atoms with van der Waals surface area (Å²) in [5, 5.41) is 0. The van der Waals surface area contributed by atoms with E-state index >= 15 is 0 Å². The number of rotatable bonds is 1. The zero-order valence-corrected chi connectivity index (χ0v) is 16.6. The third kappa shape index (κ3) is 1.91. The van der Waals surface area contributed by atoms with E-state index in [0.717, 1.165) is 31.2 Å². The molecule has 8 atom stereocenters. The summed E-state index contributed by atoms with van der Waals surface area (Å²) < 4.78 is 11.8. The van der Waals surface area contributed by atoms with Gasteiger partial charge in [0.05, 0.1) is 12.4 Å². The van der Waals surface area contributed by atoms with Crippen LogP contribution in [0, 0.1) is 28.6 Å². The van der Waals surface area contributed by atoms with E-state index in [1.807, 2.05) is 12.1 Å². The summed E-state index contributed by atoms with van der Waals surface area (Å²) in [4.78, 5) is 23.4. The molecule has 4 nitrogen and oxygen atoms in total. The first-order chi connectivity index (χ1) is 13.4. The Bertz CT molecular complexity index is 926. The molecule has 0 amide bonds. The first-order valence-corrected chi connectivity index (χ1v) is 10.9. The van der Waals surface area contributed by atoms with Crippen molar-refractivity contribution in [3.63, 3.8) is 0 Å². The minimum absolute atomic E-state index is 0.0278. The van der Waals surface area contributed by atoms with Crippen molar-refractivity contribution in [2.75, 3.05) is 0 Å². The van der Waals surface area contributed by atoms with Gasteiger partial charge in [-0.1, -0.05) is 19.9 Å². The van der Waals surface area contributed by atoms with Crippen molar-refractivity contribution in [1.82, 2.24) is 0 Å². The second-order valence-electron chi connectivity index (χ2n) is 10.4. The largest absolute Gasteiger partial charge is 0.431 e. The molecular weight excluding hydrogens is 352 g/mol. The number of ether oxygens (including phenoxy) is 1. The molecule has 1 saturated heterocycles. The van der Waals surface area contributed by atoms with Crippen LogP contribution >= 0.6 is 0 Å². The van der Waals surface area contributed by atoms with Gasteiger partial charge >= 0.3 is 5.63 Å². The van der Waals surface area contributed by atoms with Crippen molar-refractivity contribution in [2.45, 2.75) is 70.0 Å². The number of epoxide rings is 1. The highest BCUT2D eigenvalue weighted by molar-refractivity contribution is 5.91. The SMILES string of the molecule is C[C@]12C=CC(=O)C[C@H]1CC[C@@H]1[C@@H]2CC[C@]2(C)[C@@H](c3ccc(=O)oc3)C[C@H]3O[C@]132. The highest BCUT2D eigenvalue weighted by Gasteiger charge is 2.80. The zero-order chi connectivity index (χ0) is 19.3. The van der Waals surface area contributed by atoms with Crippen LogP contribution in [-0.2, 0) is 9.53 Å². The van der Waals surface area contributed by atoms with Gasteiger partial charge in [0, 0.05) is 17.9 Å². The van der Waals surface area contributed by atoms with E-state index < -0.39 is 0 Å². The van der Waals surface area contributed by atoms with Gasteiger partial charge < -0.3 is 9.15 Å². The van der Waals surface area contributed by atoms with E-state index in [1.54, 1.807) is 12.3 Å². The normalized spacial score (nSPS) is 51.1. The Morgan fingerprint density at radius 1 is 1.07 bits per heavy atom. The maximum absolute atomic E-state index is 12.0. The molecule has 3 saturated carbocycles. The van der Waals surface area contributed by atoms with E-state index in [9.17, 15) is 9.59 Å². The van der Waals surface area contributed by atoms with Crippen LogP contribution in [0.1, 0.15) is 63.9 Å². The molecular formula is C24H28O4. The van der Waals surface area contributed by atoms with Crippen LogP contribution in [0.2, 0.25) is 0 Å².